The van der Waals surface area contributed by atoms with Gasteiger partial charge in [-0.05, 0) is 0 Å². The zero-order chi connectivity index (χ0) is 22.9. The fourth-order valence-electron chi connectivity index (χ4n) is 3.81. The summed E-state index contributed by atoms with van der Waals surface area (Å²) in [4.78, 5) is 13.6. The van der Waals surface area contributed by atoms with Crippen LogP contribution in [0, 0.1) is 17.8 Å². The number of nitrogens with zero attached hydrogens (tertiary/aromatic N) is 2. The average Bonchev–Trinajstić information content (AvgIpc) is 3.51. The molecule has 0 radical (unpaired) electrons. The number of amides is 1. The maximum absolute atomic E-state index is 14.5. The van der Waals surface area contributed by atoms with Crippen LogP contribution in [0.15, 0.2) is 34.2 Å². The van der Waals surface area contributed by atoms with Crippen LogP contribution in [-0.4, -0.2) is 80.8 Å². The molecule has 0 aromatic carbocycles. The molecule has 3 unspecified atom stereocenters. The molecule has 0 spiro atoms. The minimum absolute atomic E-state index is 0.0458. The first kappa shape index (κ1) is 23.2. The van der Waals surface area contributed by atoms with Crippen molar-refractivity contribution in [3.63, 3.8) is 0 Å². The standard InChI is InChI=1S/C21H25F4N5OSe/c1-29-11-9-15(14(22)12-29)27-18-6-2-5-17-19(32-21(23,24)25)16(28-30(17)18)4-3-10-26-20(31)13-7-8-13/h2,5-6,13-16,27-28H,7-12H2,1H3,(H,26,31). The number of hydrogen-bond acceptors (Lipinski definition) is 5. The van der Waals surface area contributed by atoms with Crippen molar-refractivity contribution < 1.29 is 22.4 Å². The number of alkyl halides is 4. The molecular formula is C21H25F4N5OSe. The van der Waals surface area contributed by atoms with E-state index >= 15 is 0 Å². The summed E-state index contributed by atoms with van der Waals surface area (Å²) in [6.07, 6.45) is 6.23. The van der Waals surface area contributed by atoms with Gasteiger partial charge in [0.2, 0.25) is 0 Å². The number of carbonyl (C=O) groups excluding carboxylic acids is 1. The van der Waals surface area contributed by atoms with E-state index in [1.54, 1.807) is 18.2 Å². The predicted octanol–water partition coefficient (Wildman–Crippen LogP) is 1.18. The number of piperidine rings is 1. The Labute approximate surface area is 190 Å². The molecule has 1 aliphatic carbocycles. The number of hydrazine groups is 1. The Balaban J connectivity index is 1.48. The van der Waals surface area contributed by atoms with Gasteiger partial charge in [0.25, 0.3) is 0 Å². The van der Waals surface area contributed by atoms with Gasteiger partial charge in [-0.15, -0.1) is 0 Å². The van der Waals surface area contributed by atoms with Gasteiger partial charge in [-0.2, -0.15) is 0 Å². The molecule has 2 fully saturated rings. The monoisotopic (exact) mass is 519 g/mol. The number of carbonyl (C=O) groups is 1. The van der Waals surface area contributed by atoms with E-state index in [2.05, 4.69) is 27.9 Å². The second-order valence-corrected chi connectivity index (χ2v) is 10.6. The quantitative estimate of drug-likeness (QED) is 0.290. The summed E-state index contributed by atoms with van der Waals surface area (Å²) < 4.78 is 54.6. The van der Waals surface area contributed by atoms with E-state index < -0.39 is 38.3 Å². The Hall–Kier alpha value is -1.99. The molecule has 6 nitrogen and oxygen atoms in total. The zero-order valence-corrected chi connectivity index (χ0v) is 19.2. The number of rotatable bonds is 5. The second-order valence-electron chi connectivity index (χ2n) is 8.24. The van der Waals surface area contributed by atoms with Crippen molar-refractivity contribution >= 4 is 20.9 Å². The fraction of sp³-hybridized carbons (Fsp3) is 0.571. The molecule has 4 rings (SSSR count). The summed E-state index contributed by atoms with van der Waals surface area (Å²) >= 11 is -1.79. The van der Waals surface area contributed by atoms with Crippen LogP contribution in [-0.2, 0) is 4.79 Å². The van der Waals surface area contributed by atoms with Crippen molar-refractivity contribution in [2.75, 3.05) is 26.7 Å². The summed E-state index contributed by atoms with van der Waals surface area (Å²) in [7, 11) is 1.86. The summed E-state index contributed by atoms with van der Waals surface area (Å²) in [5.74, 6) is 6.10. The number of hydrogen-bond donors (Lipinski definition) is 3. The SMILES string of the molecule is CN1CCC(NC2=CC=CC3=C([Se]C(F)(F)F)C(C#CCNC(=O)C4CC4)NN23)C(F)C1. The van der Waals surface area contributed by atoms with E-state index in [4.69, 9.17) is 0 Å². The molecule has 3 aliphatic heterocycles. The van der Waals surface area contributed by atoms with Gasteiger partial charge in [0.15, 0.2) is 0 Å². The van der Waals surface area contributed by atoms with Crippen LogP contribution in [0.1, 0.15) is 19.3 Å². The molecule has 32 heavy (non-hydrogen) atoms. The fourth-order valence-corrected chi connectivity index (χ4v) is 5.36. The third-order valence-corrected chi connectivity index (χ3v) is 7.49. The zero-order valence-electron chi connectivity index (χ0n) is 17.5. The Morgan fingerprint density at radius 1 is 1.34 bits per heavy atom. The van der Waals surface area contributed by atoms with Crippen molar-refractivity contribution in [2.45, 2.75) is 42.6 Å². The minimum atomic E-state index is -4.34. The topological polar surface area (TPSA) is 59.6 Å². The summed E-state index contributed by atoms with van der Waals surface area (Å²) in [6.45, 7) is 1.13. The summed E-state index contributed by atoms with van der Waals surface area (Å²) in [5, 5.41) is 3.06. The van der Waals surface area contributed by atoms with Crippen molar-refractivity contribution in [1.82, 2.24) is 26.0 Å². The third-order valence-electron chi connectivity index (χ3n) is 5.61. The average molecular weight is 518 g/mol. The van der Waals surface area contributed by atoms with E-state index in [0.717, 1.165) is 19.4 Å². The van der Waals surface area contributed by atoms with Crippen LogP contribution < -0.4 is 16.1 Å². The van der Waals surface area contributed by atoms with Crippen LogP contribution in [0.25, 0.3) is 0 Å². The molecule has 174 valence electrons. The van der Waals surface area contributed by atoms with Crippen LogP contribution in [0.2, 0.25) is 0 Å². The first-order valence-electron chi connectivity index (χ1n) is 10.5. The van der Waals surface area contributed by atoms with E-state index in [0.29, 0.717) is 24.5 Å². The Morgan fingerprint density at radius 2 is 2.12 bits per heavy atom. The van der Waals surface area contributed by atoms with Crippen molar-refractivity contribution in [1.29, 1.82) is 0 Å². The number of fused-ring (bicyclic) bond motifs is 1. The molecule has 1 saturated carbocycles. The van der Waals surface area contributed by atoms with Crippen molar-refractivity contribution in [3.8, 4) is 11.8 Å². The van der Waals surface area contributed by atoms with Gasteiger partial charge in [0.1, 0.15) is 0 Å². The predicted molar refractivity (Wildman–Crippen MR) is 112 cm³/mol. The van der Waals surface area contributed by atoms with Gasteiger partial charge in [-0.25, -0.2) is 0 Å². The molecule has 0 aromatic rings. The van der Waals surface area contributed by atoms with Crippen LogP contribution in [0.5, 0.6) is 0 Å². The van der Waals surface area contributed by atoms with Gasteiger partial charge in [-0.1, -0.05) is 0 Å². The summed E-state index contributed by atoms with van der Waals surface area (Å²) in [6, 6.07) is -1.26. The van der Waals surface area contributed by atoms with E-state index in [9.17, 15) is 22.4 Å². The second kappa shape index (κ2) is 9.48. The first-order chi connectivity index (χ1) is 15.2. The van der Waals surface area contributed by atoms with Crippen molar-refractivity contribution in [3.05, 3.63) is 34.2 Å². The number of likely N-dealkylation sites (tertiary alicyclic amines) is 1. The molecule has 0 aromatic heterocycles. The molecule has 4 aliphatic rings. The van der Waals surface area contributed by atoms with Gasteiger partial charge >= 0.3 is 190 Å². The van der Waals surface area contributed by atoms with Gasteiger partial charge in [-0.3, -0.25) is 0 Å². The molecule has 0 bridgehead atoms. The summed E-state index contributed by atoms with van der Waals surface area (Å²) in [5.41, 5.74) is 3.41. The molecule has 3 atom stereocenters. The van der Waals surface area contributed by atoms with Crippen molar-refractivity contribution in [2.24, 2.45) is 5.92 Å². The maximum atomic E-state index is 14.5. The number of allylic oxidation sites excluding steroid dienone is 3. The molecule has 3 N–H and O–H groups in total. The molecule has 1 saturated heterocycles. The third kappa shape index (κ3) is 5.67. The molecular weight excluding hydrogens is 493 g/mol. The number of halogens is 4. The van der Waals surface area contributed by atoms with Gasteiger partial charge in [0.05, 0.1) is 0 Å². The molecule has 11 heteroatoms. The van der Waals surface area contributed by atoms with Crippen LogP contribution in [0.4, 0.5) is 17.6 Å². The Bertz CT molecular complexity index is 902. The van der Waals surface area contributed by atoms with Gasteiger partial charge in [0, 0.05) is 0 Å². The van der Waals surface area contributed by atoms with E-state index in [1.807, 2.05) is 11.9 Å². The van der Waals surface area contributed by atoms with E-state index in [-0.39, 0.29) is 22.8 Å². The van der Waals surface area contributed by atoms with Crippen LogP contribution >= 0.6 is 0 Å². The van der Waals surface area contributed by atoms with E-state index in [1.165, 1.54) is 5.01 Å². The molecule has 1 amide bonds. The Kier molecular flexibility index (Phi) is 6.86. The number of nitrogens with one attached hydrogen (secondary N) is 3. The first-order valence-corrected chi connectivity index (χ1v) is 12.2. The van der Waals surface area contributed by atoms with Crippen LogP contribution in [0.3, 0.4) is 0 Å². The Morgan fingerprint density at radius 3 is 2.81 bits per heavy atom. The van der Waals surface area contributed by atoms with Gasteiger partial charge < -0.3 is 0 Å². The molecule has 3 heterocycles. The normalized spacial score (nSPS) is 28.1.